The summed E-state index contributed by atoms with van der Waals surface area (Å²) in [6, 6.07) is 3.90. The van der Waals surface area contributed by atoms with Crippen molar-refractivity contribution in [3.63, 3.8) is 0 Å². The molecule has 1 heterocycles. The van der Waals surface area contributed by atoms with E-state index in [0.717, 1.165) is 23.7 Å². The monoisotopic (exact) mass is 257 g/mol. The van der Waals surface area contributed by atoms with Gasteiger partial charge in [0.15, 0.2) is 0 Å². The lowest BCUT2D eigenvalue weighted by atomic mass is 9.84. The van der Waals surface area contributed by atoms with Crippen LogP contribution in [-0.4, -0.2) is 17.4 Å². The van der Waals surface area contributed by atoms with E-state index in [1.54, 1.807) is 11.3 Å². The second-order valence-electron chi connectivity index (χ2n) is 4.19. The highest BCUT2D eigenvalue weighted by Crippen LogP contribution is 2.29. The summed E-state index contributed by atoms with van der Waals surface area (Å²) in [5.41, 5.74) is 0. The third-order valence-corrected chi connectivity index (χ3v) is 4.34. The highest BCUT2D eigenvalue weighted by atomic mass is 35.5. The number of carbonyl (C=O) groups excluding carboxylic acids is 1. The van der Waals surface area contributed by atoms with Crippen molar-refractivity contribution in [1.29, 1.82) is 0 Å². The third kappa shape index (κ3) is 2.58. The number of halogens is 1. The Balaban J connectivity index is 1.96. The Hall–Kier alpha value is -0.540. The van der Waals surface area contributed by atoms with Crippen molar-refractivity contribution in [2.75, 3.05) is 6.54 Å². The molecule has 1 aromatic rings. The number of amides is 1. The molecule has 0 unspecified atom stereocenters. The zero-order valence-corrected chi connectivity index (χ0v) is 11.0. The first-order valence-corrected chi connectivity index (χ1v) is 6.93. The Bertz CT molecular complexity index is 373. The van der Waals surface area contributed by atoms with Crippen LogP contribution in [-0.2, 0) is 11.3 Å². The van der Waals surface area contributed by atoms with Gasteiger partial charge >= 0.3 is 0 Å². The fraction of sp³-hybridized carbons (Fsp3) is 0.583. The number of rotatable bonds is 4. The third-order valence-electron chi connectivity index (χ3n) is 3.12. The van der Waals surface area contributed by atoms with Crippen molar-refractivity contribution >= 4 is 28.8 Å². The van der Waals surface area contributed by atoms with E-state index in [1.165, 1.54) is 11.3 Å². The number of thiophene rings is 1. The van der Waals surface area contributed by atoms with E-state index in [9.17, 15) is 4.79 Å². The maximum atomic E-state index is 12.1. The molecule has 0 N–H and O–H groups in total. The quantitative estimate of drug-likeness (QED) is 0.808. The van der Waals surface area contributed by atoms with Gasteiger partial charge in [0.2, 0.25) is 5.91 Å². The second-order valence-corrected chi connectivity index (χ2v) is 5.99. The molecule has 4 heteroatoms. The van der Waals surface area contributed by atoms with Crippen molar-refractivity contribution in [3.05, 3.63) is 21.3 Å². The minimum atomic E-state index is 0.287. The first kappa shape index (κ1) is 11.9. The molecule has 88 valence electrons. The van der Waals surface area contributed by atoms with Gasteiger partial charge in [0.1, 0.15) is 0 Å². The van der Waals surface area contributed by atoms with E-state index in [0.29, 0.717) is 12.5 Å². The molecule has 2 rings (SSSR count). The molecule has 0 aliphatic heterocycles. The standard InChI is InChI=1S/C12H16ClNOS/c1-2-14(12(15)9-4-3-5-9)8-10-6-7-11(13)16-10/h6-7,9H,2-5,8H2,1H3. The summed E-state index contributed by atoms with van der Waals surface area (Å²) < 4.78 is 0.794. The van der Waals surface area contributed by atoms with Crippen LogP contribution in [0.25, 0.3) is 0 Å². The van der Waals surface area contributed by atoms with Gasteiger partial charge in [0, 0.05) is 17.3 Å². The lowest BCUT2D eigenvalue weighted by molar-refractivity contribution is -0.138. The normalized spacial score (nSPS) is 15.9. The van der Waals surface area contributed by atoms with E-state index < -0.39 is 0 Å². The highest BCUT2D eigenvalue weighted by Gasteiger charge is 2.28. The summed E-state index contributed by atoms with van der Waals surface area (Å²) in [4.78, 5) is 15.2. The molecule has 1 aliphatic carbocycles. The predicted octanol–water partition coefficient (Wildman–Crippen LogP) is 3.55. The van der Waals surface area contributed by atoms with Crippen LogP contribution in [0.15, 0.2) is 12.1 Å². The summed E-state index contributed by atoms with van der Waals surface area (Å²) >= 11 is 7.44. The molecule has 1 fully saturated rings. The Morgan fingerprint density at radius 1 is 1.56 bits per heavy atom. The van der Waals surface area contributed by atoms with Gasteiger partial charge in [-0.25, -0.2) is 0 Å². The first-order chi connectivity index (χ1) is 7.70. The van der Waals surface area contributed by atoms with Crippen LogP contribution in [0.3, 0.4) is 0 Å². The summed E-state index contributed by atoms with van der Waals surface area (Å²) in [5, 5.41) is 0. The summed E-state index contributed by atoms with van der Waals surface area (Å²) in [6.07, 6.45) is 3.35. The predicted molar refractivity (Wildman–Crippen MR) is 67.8 cm³/mol. The van der Waals surface area contributed by atoms with Crippen LogP contribution in [0, 0.1) is 5.92 Å². The van der Waals surface area contributed by atoms with Gasteiger partial charge in [0.05, 0.1) is 10.9 Å². The molecule has 0 radical (unpaired) electrons. The molecule has 1 amide bonds. The van der Waals surface area contributed by atoms with E-state index >= 15 is 0 Å². The summed E-state index contributed by atoms with van der Waals surface area (Å²) in [5.74, 6) is 0.605. The molecule has 1 saturated carbocycles. The number of hydrogen-bond donors (Lipinski definition) is 0. The topological polar surface area (TPSA) is 20.3 Å². The van der Waals surface area contributed by atoms with E-state index in [1.807, 2.05) is 24.0 Å². The minimum absolute atomic E-state index is 0.287. The largest absolute Gasteiger partial charge is 0.338 e. The second kappa shape index (κ2) is 5.19. The van der Waals surface area contributed by atoms with E-state index in [-0.39, 0.29) is 5.92 Å². The van der Waals surface area contributed by atoms with Gasteiger partial charge in [-0.05, 0) is 31.9 Å². The van der Waals surface area contributed by atoms with Crippen molar-refractivity contribution in [2.24, 2.45) is 5.92 Å². The first-order valence-electron chi connectivity index (χ1n) is 5.73. The van der Waals surface area contributed by atoms with Crippen molar-refractivity contribution in [2.45, 2.75) is 32.7 Å². The Kier molecular flexibility index (Phi) is 3.87. The van der Waals surface area contributed by atoms with Gasteiger partial charge < -0.3 is 4.90 Å². The Labute approximate surface area is 105 Å². The van der Waals surface area contributed by atoms with Gasteiger partial charge in [0.25, 0.3) is 0 Å². The molecule has 1 aromatic heterocycles. The Morgan fingerprint density at radius 3 is 2.75 bits per heavy atom. The molecular formula is C12H16ClNOS. The van der Waals surface area contributed by atoms with Gasteiger partial charge in [-0.3, -0.25) is 4.79 Å². The van der Waals surface area contributed by atoms with Gasteiger partial charge in [-0.2, -0.15) is 0 Å². The maximum Gasteiger partial charge on any atom is 0.225 e. The Morgan fingerprint density at radius 2 is 2.31 bits per heavy atom. The van der Waals surface area contributed by atoms with Crippen LogP contribution in [0.4, 0.5) is 0 Å². The fourth-order valence-electron chi connectivity index (χ4n) is 1.88. The molecule has 0 saturated heterocycles. The average Bonchev–Trinajstić information content (AvgIpc) is 2.57. The fourth-order valence-corrected chi connectivity index (χ4v) is 2.99. The number of nitrogens with zero attached hydrogens (tertiary/aromatic N) is 1. The van der Waals surface area contributed by atoms with E-state index in [4.69, 9.17) is 11.6 Å². The zero-order valence-electron chi connectivity index (χ0n) is 9.41. The van der Waals surface area contributed by atoms with Gasteiger partial charge in [-0.1, -0.05) is 18.0 Å². The SMILES string of the molecule is CCN(Cc1ccc(Cl)s1)C(=O)C1CCC1. The highest BCUT2D eigenvalue weighted by molar-refractivity contribution is 7.16. The van der Waals surface area contributed by atoms with Crippen LogP contribution < -0.4 is 0 Å². The average molecular weight is 258 g/mol. The number of carbonyl (C=O) groups is 1. The maximum absolute atomic E-state index is 12.1. The smallest absolute Gasteiger partial charge is 0.225 e. The molecule has 16 heavy (non-hydrogen) atoms. The van der Waals surface area contributed by atoms with E-state index in [2.05, 4.69) is 0 Å². The van der Waals surface area contributed by atoms with Crippen molar-refractivity contribution in [1.82, 2.24) is 4.90 Å². The summed E-state index contributed by atoms with van der Waals surface area (Å²) in [7, 11) is 0. The zero-order chi connectivity index (χ0) is 11.5. The molecule has 0 spiro atoms. The van der Waals surface area contributed by atoms with Crippen molar-refractivity contribution in [3.8, 4) is 0 Å². The molecule has 2 nitrogen and oxygen atoms in total. The summed E-state index contributed by atoms with van der Waals surface area (Å²) in [6.45, 7) is 3.53. The van der Waals surface area contributed by atoms with Gasteiger partial charge in [-0.15, -0.1) is 11.3 Å². The van der Waals surface area contributed by atoms with Crippen LogP contribution in [0.5, 0.6) is 0 Å². The molecule has 1 aliphatic rings. The number of hydrogen-bond acceptors (Lipinski definition) is 2. The van der Waals surface area contributed by atoms with Crippen LogP contribution in [0.1, 0.15) is 31.1 Å². The van der Waals surface area contributed by atoms with Crippen molar-refractivity contribution < 1.29 is 4.79 Å². The lowest BCUT2D eigenvalue weighted by Gasteiger charge is -2.30. The van der Waals surface area contributed by atoms with Crippen LogP contribution in [0.2, 0.25) is 4.34 Å². The molecule has 0 aromatic carbocycles. The molecule has 0 bridgehead atoms. The minimum Gasteiger partial charge on any atom is -0.338 e. The molecular weight excluding hydrogens is 242 g/mol. The lowest BCUT2D eigenvalue weighted by Crippen LogP contribution is -2.38. The molecule has 0 atom stereocenters. The van der Waals surface area contributed by atoms with Crippen LogP contribution >= 0.6 is 22.9 Å².